The van der Waals surface area contributed by atoms with E-state index in [1.54, 1.807) is 32.1 Å². The summed E-state index contributed by atoms with van der Waals surface area (Å²) in [6.07, 6.45) is 4.61. The van der Waals surface area contributed by atoms with E-state index in [0.717, 1.165) is 18.7 Å². The number of hydrogen-bond acceptors (Lipinski definition) is 9. The lowest BCUT2D eigenvalue weighted by Gasteiger charge is -2.47. The third-order valence-corrected chi connectivity index (χ3v) is 14.8. The number of benzene rings is 1. The molecule has 17 heteroatoms. The molecule has 0 spiro atoms. The molecule has 3 fully saturated rings. The Morgan fingerprint density at radius 1 is 1.12 bits per heavy atom. The molecular weight excluding hydrogens is 777 g/mol. The third kappa shape index (κ3) is 8.07. The molecule has 0 bridgehead atoms. The molecule has 58 heavy (non-hydrogen) atoms. The number of nitrogens with zero attached hydrogens (tertiary/aromatic N) is 3. The van der Waals surface area contributed by atoms with Crippen molar-refractivity contribution < 1.29 is 51.0 Å². The number of aromatic nitrogens is 1. The van der Waals surface area contributed by atoms with Crippen molar-refractivity contribution in [1.82, 2.24) is 24.8 Å². The summed E-state index contributed by atoms with van der Waals surface area (Å²) in [5, 5.41) is 14.7. The molecular formula is C41H55F2N5O9S. The van der Waals surface area contributed by atoms with Crippen LogP contribution in [0, 0.1) is 17.8 Å². The molecule has 2 aliphatic heterocycles. The van der Waals surface area contributed by atoms with Crippen LogP contribution in [0.5, 0.6) is 11.6 Å². The summed E-state index contributed by atoms with van der Waals surface area (Å²) < 4.78 is 70.5. The summed E-state index contributed by atoms with van der Waals surface area (Å²) in [5.41, 5.74) is -4.03. The predicted molar refractivity (Wildman–Crippen MR) is 211 cm³/mol. The first-order valence-corrected chi connectivity index (χ1v) is 21.5. The van der Waals surface area contributed by atoms with Gasteiger partial charge in [0.2, 0.25) is 27.7 Å². The van der Waals surface area contributed by atoms with Gasteiger partial charge in [-0.05, 0) is 84.1 Å². The second-order valence-corrected chi connectivity index (χ2v) is 19.6. The molecule has 2 aromatic rings. The molecule has 2 saturated carbocycles. The Morgan fingerprint density at radius 3 is 2.41 bits per heavy atom. The number of nitrogens with one attached hydrogen (secondary N) is 2. The van der Waals surface area contributed by atoms with E-state index >= 15 is 13.6 Å². The third-order valence-electron chi connectivity index (χ3n) is 12.7. The fourth-order valence-corrected chi connectivity index (χ4v) is 9.63. The molecule has 1 aromatic heterocycles. The zero-order valence-electron chi connectivity index (χ0n) is 34.1. The molecule has 0 unspecified atom stereocenters. The topological polar surface area (TPSA) is 185 Å². The van der Waals surface area contributed by atoms with Crippen LogP contribution in [0.1, 0.15) is 93.4 Å². The number of alkyl halides is 2. The summed E-state index contributed by atoms with van der Waals surface area (Å²) in [6.45, 7) is 9.82. The van der Waals surface area contributed by atoms with Gasteiger partial charge in [0.15, 0.2) is 0 Å². The fraction of sp³-hybridized carbons (Fsp3) is 0.634. The van der Waals surface area contributed by atoms with E-state index in [-0.39, 0.29) is 31.2 Å². The van der Waals surface area contributed by atoms with Gasteiger partial charge in [0.1, 0.15) is 35.0 Å². The highest BCUT2D eigenvalue weighted by Gasteiger charge is 2.63. The average Bonchev–Trinajstić information content (AvgIpc) is 4.02. The van der Waals surface area contributed by atoms with Gasteiger partial charge in [-0.3, -0.25) is 24.0 Å². The van der Waals surface area contributed by atoms with E-state index in [1.165, 1.54) is 6.20 Å². The van der Waals surface area contributed by atoms with Crippen molar-refractivity contribution in [2.45, 2.75) is 133 Å². The number of halogens is 2. The van der Waals surface area contributed by atoms with Gasteiger partial charge in [-0.1, -0.05) is 44.2 Å². The monoisotopic (exact) mass is 831 g/mol. The van der Waals surface area contributed by atoms with E-state index in [4.69, 9.17) is 9.47 Å². The number of amides is 4. The smallest absolute Gasteiger partial charge is 0.408 e. The summed E-state index contributed by atoms with van der Waals surface area (Å²) in [4.78, 5) is 63.0. The number of sulfonamides is 1. The Hall–Kier alpha value is -4.54. The van der Waals surface area contributed by atoms with Gasteiger partial charge < -0.3 is 24.8 Å². The van der Waals surface area contributed by atoms with Crippen molar-refractivity contribution in [3.63, 3.8) is 0 Å². The molecule has 3 heterocycles. The van der Waals surface area contributed by atoms with E-state index in [9.17, 15) is 27.9 Å². The Balaban J connectivity index is 1.42. The number of carbonyl (C=O) groups excluding carboxylic acids is 3. The summed E-state index contributed by atoms with van der Waals surface area (Å²) in [7, 11) is -4.09. The molecule has 1 saturated heterocycles. The number of carbonyl (C=O) groups is 4. The van der Waals surface area contributed by atoms with Crippen LogP contribution in [0.4, 0.5) is 13.6 Å². The van der Waals surface area contributed by atoms with Crippen LogP contribution >= 0.6 is 0 Å². The molecule has 0 radical (unpaired) electrons. The Labute approximate surface area is 338 Å². The van der Waals surface area contributed by atoms with Gasteiger partial charge in [0, 0.05) is 30.0 Å². The summed E-state index contributed by atoms with van der Waals surface area (Å²) in [6, 6.07) is 4.19. The molecule has 3 N–H and O–H groups in total. The van der Waals surface area contributed by atoms with Crippen LogP contribution in [0.3, 0.4) is 0 Å². The normalized spacial score (nSPS) is 29.5. The minimum atomic E-state index is -4.09. The van der Waals surface area contributed by atoms with Gasteiger partial charge >= 0.3 is 6.09 Å². The molecule has 1 aromatic carbocycles. The van der Waals surface area contributed by atoms with Crippen LogP contribution in [-0.2, 0) is 24.4 Å². The van der Waals surface area contributed by atoms with Gasteiger partial charge in [-0.25, -0.2) is 27.0 Å². The van der Waals surface area contributed by atoms with Gasteiger partial charge in [0.05, 0.1) is 24.1 Å². The van der Waals surface area contributed by atoms with Gasteiger partial charge in [-0.15, -0.1) is 0 Å². The van der Waals surface area contributed by atoms with Crippen molar-refractivity contribution >= 4 is 44.6 Å². The van der Waals surface area contributed by atoms with Crippen LogP contribution in [0.25, 0.3) is 10.8 Å². The van der Waals surface area contributed by atoms with Gasteiger partial charge in [0.25, 0.3) is 11.8 Å². The fourth-order valence-electron chi connectivity index (χ4n) is 8.32. The second-order valence-electron chi connectivity index (χ2n) is 17.4. The largest absolute Gasteiger partial charge is 0.492 e. The zero-order chi connectivity index (χ0) is 42.6. The van der Waals surface area contributed by atoms with Crippen LogP contribution in [0.2, 0.25) is 0 Å². The van der Waals surface area contributed by atoms with E-state index in [2.05, 4.69) is 15.0 Å². The van der Waals surface area contributed by atoms with Crippen LogP contribution in [-0.4, -0.2) is 105 Å². The lowest BCUT2D eigenvalue weighted by Crippen LogP contribution is -2.66. The highest BCUT2D eigenvalue weighted by Crippen LogP contribution is 2.48. The first-order valence-electron chi connectivity index (χ1n) is 20.0. The maximum absolute atomic E-state index is 15.4. The zero-order valence-corrected chi connectivity index (χ0v) is 34.9. The molecule has 14 nitrogen and oxygen atoms in total. The van der Waals surface area contributed by atoms with Crippen LogP contribution < -0.4 is 19.5 Å². The van der Waals surface area contributed by atoms with E-state index in [0.29, 0.717) is 67.1 Å². The molecule has 318 valence electrons. The molecule has 4 amide bonds. The lowest BCUT2D eigenvalue weighted by molar-refractivity contribution is -0.156. The number of rotatable bonds is 10. The summed E-state index contributed by atoms with van der Waals surface area (Å²) in [5.74, 6) is -6.91. The Bertz CT molecular complexity index is 2090. The molecule has 2 aliphatic carbocycles. The van der Waals surface area contributed by atoms with Crippen molar-refractivity contribution in [2.75, 3.05) is 13.2 Å². The predicted octanol–water partition coefficient (Wildman–Crippen LogP) is 5.65. The number of pyridine rings is 1. The van der Waals surface area contributed by atoms with E-state index in [1.807, 2.05) is 32.1 Å². The lowest BCUT2D eigenvalue weighted by atomic mass is 9.84. The molecule has 6 rings (SSSR count). The van der Waals surface area contributed by atoms with Crippen molar-refractivity contribution in [3.8, 4) is 11.6 Å². The maximum atomic E-state index is 15.4. The standard InChI is InChI=1S/C41H55F2N5O9S/c1-8-56-31-22-44-34(29-16-12-11-15-28(29)31)57-27-20-30-33(49)45-41(36(51)46-58(54,55)39(6)17-18-39)21-26(41)14-10-9-13-24(2)19-25(3)32(35(50)47(30)23-27)48(37(52)53)38(4,5)40(7,42)43/h10-12,14-16,22,24-27,30,32H,8-9,13,17-21,23H2,1-7H3,(H,45,49)(H,46,51)(H,52,53)/b14-10-/t24-,25+,26+,27+,30-,32-,41+/m0/s1. The average molecular weight is 832 g/mol. The van der Waals surface area contributed by atoms with E-state index < -0.39 is 85.6 Å². The van der Waals surface area contributed by atoms with Crippen molar-refractivity contribution in [2.24, 2.45) is 17.8 Å². The Kier molecular flexibility index (Phi) is 11.6. The SMILES string of the molecule is CCOc1cnc(O[C@@H]2C[C@H]3C(=O)N[C@]4(C(=O)NS(=O)(=O)C5(C)CC5)C[C@H]4/C=C\CC[C@H](C)C[C@@H](C)[C@H](N(C(=O)O)C(C)(C)C(C)(F)F)C(=O)N3C2)c2ccccc12. The minimum Gasteiger partial charge on any atom is -0.492 e. The summed E-state index contributed by atoms with van der Waals surface area (Å²) >= 11 is 0. The number of fused-ring (bicyclic) bond motifs is 3. The molecule has 4 aliphatic rings. The first kappa shape index (κ1) is 43.0. The number of allylic oxidation sites excluding steroid dienone is 1. The maximum Gasteiger partial charge on any atom is 0.408 e. The Morgan fingerprint density at radius 2 is 1.79 bits per heavy atom. The van der Waals surface area contributed by atoms with Crippen molar-refractivity contribution in [3.05, 3.63) is 42.6 Å². The number of hydrogen-bond donors (Lipinski definition) is 3. The number of ether oxygens (including phenoxy) is 2. The highest BCUT2D eigenvalue weighted by atomic mass is 32.2. The highest BCUT2D eigenvalue weighted by molar-refractivity contribution is 7.91. The molecule has 7 atom stereocenters. The minimum absolute atomic E-state index is 0.0950. The van der Waals surface area contributed by atoms with Gasteiger partial charge in [-0.2, -0.15) is 0 Å². The number of carboxylic acid groups (broad SMARTS) is 1. The quantitative estimate of drug-likeness (QED) is 0.253. The second kappa shape index (κ2) is 15.6. The van der Waals surface area contributed by atoms with Crippen molar-refractivity contribution in [1.29, 1.82) is 0 Å². The first-order chi connectivity index (χ1) is 27.1. The van der Waals surface area contributed by atoms with Crippen LogP contribution in [0.15, 0.2) is 42.6 Å².